The molecule has 0 aliphatic carbocycles. The largest absolute Gasteiger partial charge is 0.493 e. The molecule has 138 valence electrons. The summed E-state index contributed by atoms with van der Waals surface area (Å²) in [7, 11) is 3.12. The van der Waals surface area contributed by atoms with Crippen LogP contribution in [0, 0.1) is 0 Å². The molecule has 26 heavy (non-hydrogen) atoms. The average molecular weight is 422 g/mol. The molecule has 1 saturated heterocycles. The number of halogens is 1. The summed E-state index contributed by atoms with van der Waals surface area (Å²) in [5.41, 5.74) is 0.559. The monoisotopic (exact) mass is 421 g/mol. The van der Waals surface area contributed by atoms with Gasteiger partial charge >= 0.3 is 6.01 Å². The summed E-state index contributed by atoms with van der Waals surface area (Å²) in [6.45, 7) is 1.18. The summed E-state index contributed by atoms with van der Waals surface area (Å²) in [5, 5.41) is 0. The number of piperidine rings is 1. The Balaban J connectivity index is 1.68. The average Bonchev–Trinajstić information content (AvgIpc) is 2.69. The van der Waals surface area contributed by atoms with Gasteiger partial charge in [0.05, 0.1) is 25.2 Å². The van der Waals surface area contributed by atoms with Crippen molar-refractivity contribution in [2.45, 2.75) is 18.9 Å². The van der Waals surface area contributed by atoms with Crippen molar-refractivity contribution in [1.82, 2.24) is 14.9 Å². The Hall–Kier alpha value is -2.35. The van der Waals surface area contributed by atoms with E-state index in [9.17, 15) is 4.79 Å². The van der Waals surface area contributed by atoms with Crippen LogP contribution in [0.2, 0.25) is 0 Å². The van der Waals surface area contributed by atoms with Crippen LogP contribution in [0.3, 0.4) is 0 Å². The summed E-state index contributed by atoms with van der Waals surface area (Å²) in [6.07, 6.45) is 4.86. The molecule has 7 nitrogen and oxygen atoms in total. The molecule has 1 atom stereocenters. The van der Waals surface area contributed by atoms with Gasteiger partial charge in [0, 0.05) is 24.5 Å². The second-order valence-corrected chi connectivity index (χ2v) is 6.80. The SMILES string of the molecule is COc1ccc(C(=O)N2CCCC(Oc3ncc(Br)cn3)C2)cc1OC. The third kappa shape index (κ3) is 4.24. The molecule has 2 aromatic rings. The molecule has 1 aliphatic rings. The Labute approximate surface area is 160 Å². The van der Waals surface area contributed by atoms with E-state index < -0.39 is 0 Å². The molecule has 2 heterocycles. The molecule has 1 amide bonds. The zero-order valence-corrected chi connectivity index (χ0v) is 16.2. The molecule has 0 spiro atoms. The third-order valence-corrected chi connectivity index (χ3v) is 4.57. The number of methoxy groups -OCH3 is 2. The van der Waals surface area contributed by atoms with Gasteiger partial charge in [-0.25, -0.2) is 9.97 Å². The molecule has 0 bridgehead atoms. The van der Waals surface area contributed by atoms with E-state index in [1.807, 2.05) is 0 Å². The van der Waals surface area contributed by atoms with Crippen molar-refractivity contribution in [2.24, 2.45) is 0 Å². The van der Waals surface area contributed by atoms with Crippen molar-refractivity contribution in [3.05, 3.63) is 40.6 Å². The smallest absolute Gasteiger partial charge is 0.316 e. The minimum absolute atomic E-state index is 0.0593. The van der Waals surface area contributed by atoms with Crippen molar-refractivity contribution >= 4 is 21.8 Å². The lowest BCUT2D eigenvalue weighted by Crippen LogP contribution is -2.44. The molecule has 0 radical (unpaired) electrons. The summed E-state index contributed by atoms with van der Waals surface area (Å²) >= 11 is 3.29. The Morgan fingerprint density at radius 2 is 1.92 bits per heavy atom. The van der Waals surface area contributed by atoms with Crippen molar-refractivity contribution in [3.63, 3.8) is 0 Å². The maximum absolute atomic E-state index is 12.8. The van der Waals surface area contributed by atoms with Gasteiger partial charge in [-0.2, -0.15) is 0 Å². The van der Waals surface area contributed by atoms with Gasteiger partial charge in [-0.15, -0.1) is 0 Å². The van der Waals surface area contributed by atoms with Gasteiger partial charge in [-0.3, -0.25) is 4.79 Å². The molecule has 3 rings (SSSR count). The topological polar surface area (TPSA) is 73.8 Å². The van der Waals surface area contributed by atoms with E-state index in [0.717, 1.165) is 17.3 Å². The molecule has 1 aromatic carbocycles. The Kier molecular flexibility index (Phi) is 5.92. The van der Waals surface area contributed by atoms with E-state index in [1.165, 1.54) is 0 Å². The van der Waals surface area contributed by atoms with Crippen LogP contribution in [0.4, 0.5) is 0 Å². The maximum Gasteiger partial charge on any atom is 0.316 e. The minimum Gasteiger partial charge on any atom is -0.493 e. The van der Waals surface area contributed by atoms with Gasteiger partial charge in [0.1, 0.15) is 6.10 Å². The summed E-state index contributed by atoms with van der Waals surface area (Å²) in [6, 6.07) is 5.49. The van der Waals surface area contributed by atoms with Crippen LogP contribution in [0.15, 0.2) is 35.1 Å². The zero-order valence-electron chi connectivity index (χ0n) is 14.6. The van der Waals surface area contributed by atoms with Gasteiger partial charge in [0.2, 0.25) is 0 Å². The molecule has 1 aliphatic heterocycles. The molecule has 8 heteroatoms. The van der Waals surface area contributed by atoms with E-state index in [-0.39, 0.29) is 12.0 Å². The first-order valence-electron chi connectivity index (χ1n) is 8.26. The summed E-state index contributed by atoms with van der Waals surface area (Å²) in [5.74, 6) is 1.07. The van der Waals surface area contributed by atoms with Crippen LogP contribution in [0.25, 0.3) is 0 Å². The number of carbonyl (C=O) groups excluding carboxylic acids is 1. The normalized spacial score (nSPS) is 16.9. The highest BCUT2D eigenvalue weighted by Gasteiger charge is 2.26. The quantitative estimate of drug-likeness (QED) is 0.738. The van der Waals surface area contributed by atoms with E-state index in [1.54, 1.807) is 49.7 Å². The van der Waals surface area contributed by atoms with Gasteiger partial charge in [-0.1, -0.05) is 0 Å². The third-order valence-electron chi connectivity index (χ3n) is 4.16. The van der Waals surface area contributed by atoms with Crippen LogP contribution in [0.5, 0.6) is 17.5 Å². The fraction of sp³-hybridized carbons (Fsp3) is 0.389. The highest BCUT2D eigenvalue weighted by Crippen LogP contribution is 2.28. The van der Waals surface area contributed by atoms with Crippen LogP contribution in [-0.4, -0.2) is 54.2 Å². The van der Waals surface area contributed by atoms with Gasteiger partial charge in [-0.05, 0) is 47.0 Å². The standard InChI is InChI=1S/C18H20BrN3O4/c1-24-15-6-5-12(8-16(15)25-2)17(23)22-7-3-4-14(11-22)26-18-20-9-13(19)10-21-18/h5-6,8-10,14H,3-4,7,11H2,1-2H3. The van der Waals surface area contributed by atoms with E-state index >= 15 is 0 Å². The molecule has 0 N–H and O–H groups in total. The van der Waals surface area contributed by atoms with Crippen LogP contribution >= 0.6 is 15.9 Å². The van der Waals surface area contributed by atoms with Crippen LogP contribution < -0.4 is 14.2 Å². The van der Waals surface area contributed by atoms with Gasteiger partial charge < -0.3 is 19.1 Å². The number of hydrogen-bond donors (Lipinski definition) is 0. The summed E-state index contributed by atoms with van der Waals surface area (Å²) in [4.78, 5) is 22.9. The number of rotatable bonds is 5. The lowest BCUT2D eigenvalue weighted by atomic mass is 10.1. The fourth-order valence-electron chi connectivity index (χ4n) is 2.88. The molecular formula is C18H20BrN3O4. The number of likely N-dealkylation sites (tertiary alicyclic amines) is 1. The number of ether oxygens (including phenoxy) is 3. The van der Waals surface area contributed by atoms with Gasteiger partial charge in [0.15, 0.2) is 11.5 Å². The Bertz CT molecular complexity index is 770. The zero-order chi connectivity index (χ0) is 18.5. The molecule has 1 fully saturated rings. The van der Waals surface area contributed by atoms with Crippen molar-refractivity contribution in [2.75, 3.05) is 27.3 Å². The Morgan fingerprint density at radius 1 is 1.19 bits per heavy atom. The van der Waals surface area contributed by atoms with Crippen LogP contribution in [0.1, 0.15) is 23.2 Å². The molecule has 0 saturated carbocycles. The summed E-state index contributed by atoms with van der Waals surface area (Å²) < 4.78 is 17.1. The van der Waals surface area contributed by atoms with Crippen molar-refractivity contribution < 1.29 is 19.0 Å². The lowest BCUT2D eigenvalue weighted by Gasteiger charge is -2.32. The first kappa shape index (κ1) is 18.4. The number of carbonyl (C=O) groups is 1. The van der Waals surface area contributed by atoms with Crippen molar-refractivity contribution in [1.29, 1.82) is 0 Å². The number of aromatic nitrogens is 2. The highest BCUT2D eigenvalue weighted by molar-refractivity contribution is 9.10. The number of benzene rings is 1. The van der Waals surface area contributed by atoms with E-state index in [0.29, 0.717) is 36.2 Å². The predicted octanol–water partition coefficient (Wildman–Crippen LogP) is 2.94. The maximum atomic E-state index is 12.8. The molecule has 1 aromatic heterocycles. The molecule has 1 unspecified atom stereocenters. The predicted molar refractivity (Wildman–Crippen MR) is 98.8 cm³/mol. The van der Waals surface area contributed by atoms with Crippen LogP contribution in [-0.2, 0) is 0 Å². The number of hydrogen-bond acceptors (Lipinski definition) is 6. The first-order valence-corrected chi connectivity index (χ1v) is 9.05. The first-order chi connectivity index (χ1) is 12.6. The highest BCUT2D eigenvalue weighted by atomic mass is 79.9. The number of amides is 1. The fourth-order valence-corrected chi connectivity index (χ4v) is 3.09. The van der Waals surface area contributed by atoms with E-state index in [2.05, 4.69) is 25.9 Å². The second-order valence-electron chi connectivity index (χ2n) is 5.89. The van der Waals surface area contributed by atoms with E-state index in [4.69, 9.17) is 14.2 Å². The second kappa shape index (κ2) is 8.35. The molecular weight excluding hydrogens is 402 g/mol. The Morgan fingerprint density at radius 3 is 2.62 bits per heavy atom. The van der Waals surface area contributed by atoms with Gasteiger partial charge in [0.25, 0.3) is 5.91 Å². The minimum atomic E-state index is -0.131. The number of nitrogens with zero attached hydrogens (tertiary/aromatic N) is 3. The lowest BCUT2D eigenvalue weighted by molar-refractivity contribution is 0.0515. The van der Waals surface area contributed by atoms with Crippen molar-refractivity contribution in [3.8, 4) is 17.5 Å².